The molecule has 1 aliphatic heterocycles. The lowest BCUT2D eigenvalue weighted by molar-refractivity contribution is 0.102. The molecule has 1 aromatic carbocycles. The number of nitrogens with one attached hydrogen (secondary N) is 2. The molecule has 0 radical (unpaired) electrons. The van der Waals surface area contributed by atoms with E-state index in [0.29, 0.717) is 23.0 Å². The number of piperidine rings is 1. The van der Waals surface area contributed by atoms with E-state index in [9.17, 15) is 4.79 Å². The molecule has 164 valence electrons. The van der Waals surface area contributed by atoms with E-state index < -0.39 is 0 Å². The number of hydrogen-bond acceptors (Lipinski definition) is 5. The van der Waals surface area contributed by atoms with Crippen LogP contribution in [0.5, 0.6) is 5.75 Å². The van der Waals surface area contributed by atoms with Crippen LogP contribution in [0.2, 0.25) is 0 Å². The maximum absolute atomic E-state index is 12.8. The molecule has 0 unspecified atom stereocenters. The zero-order valence-corrected chi connectivity index (χ0v) is 18.3. The third kappa shape index (κ3) is 4.80. The number of nitrogens with zero attached hydrogens (tertiary/aromatic N) is 4. The number of rotatable bonds is 7. The molecule has 0 spiro atoms. The molecular formula is C23H30N6O2. The molecule has 1 fully saturated rings. The van der Waals surface area contributed by atoms with Crippen molar-refractivity contribution >= 4 is 11.7 Å². The van der Waals surface area contributed by atoms with Gasteiger partial charge in [0.15, 0.2) is 0 Å². The van der Waals surface area contributed by atoms with Crippen molar-refractivity contribution in [3.05, 3.63) is 59.5 Å². The SMILES string of the molecule is COc1ccccc1C(=O)Nc1ccnn1C1CCN(Cc2cc(C(C)C)n[nH]2)CC1. The lowest BCUT2D eigenvalue weighted by Gasteiger charge is -2.32. The van der Waals surface area contributed by atoms with E-state index >= 15 is 0 Å². The van der Waals surface area contributed by atoms with Crippen molar-refractivity contribution < 1.29 is 9.53 Å². The highest BCUT2D eigenvalue weighted by molar-refractivity contribution is 6.05. The summed E-state index contributed by atoms with van der Waals surface area (Å²) in [4.78, 5) is 15.2. The van der Waals surface area contributed by atoms with Gasteiger partial charge in [-0.15, -0.1) is 0 Å². The van der Waals surface area contributed by atoms with Crippen LogP contribution in [-0.4, -0.2) is 51.0 Å². The number of anilines is 1. The van der Waals surface area contributed by atoms with Crippen LogP contribution in [0.25, 0.3) is 0 Å². The number of amides is 1. The number of para-hydroxylation sites is 1. The normalized spacial score (nSPS) is 15.4. The van der Waals surface area contributed by atoms with E-state index in [2.05, 4.69) is 45.4 Å². The Balaban J connectivity index is 1.36. The van der Waals surface area contributed by atoms with Crippen molar-refractivity contribution in [2.75, 3.05) is 25.5 Å². The van der Waals surface area contributed by atoms with Crippen molar-refractivity contribution in [1.29, 1.82) is 0 Å². The van der Waals surface area contributed by atoms with Gasteiger partial charge in [-0.2, -0.15) is 10.2 Å². The van der Waals surface area contributed by atoms with E-state index in [0.717, 1.165) is 43.9 Å². The van der Waals surface area contributed by atoms with Crippen molar-refractivity contribution in [3.63, 3.8) is 0 Å². The number of carbonyl (C=O) groups is 1. The molecule has 0 saturated carbocycles. The number of carbonyl (C=O) groups excluding carboxylic acids is 1. The van der Waals surface area contributed by atoms with Gasteiger partial charge >= 0.3 is 0 Å². The van der Waals surface area contributed by atoms with E-state index in [1.165, 1.54) is 0 Å². The zero-order valence-electron chi connectivity index (χ0n) is 18.3. The molecule has 31 heavy (non-hydrogen) atoms. The molecule has 8 heteroatoms. The van der Waals surface area contributed by atoms with Gasteiger partial charge in [-0.1, -0.05) is 26.0 Å². The van der Waals surface area contributed by atoms with Crippen LogP contribution >= 0.6 is 0 Å². The number of hydrogen-bond donors (Lipinski definition) is 2. The Labute approximate surface area is 182 Å². The lowest BCUT2D eigenvalue weighted by Crippen LogP contribution is -2.35. The fourth-order valence-corrected chi connectivity index (χ4v) is 4.04. The van der Waals surface area contributed by atoms with Gasteiger partial charge in [0.1, 0.15) is 11.6 Å². The van der Waals surface area contributed by atoms with Crippen molar-refractivity contribution in [2.24, 2.45) is 0 Å². The van der Waals surface area contributed by atoms with Crippen LogP contribution in [0, 0.1) is 0 Å². The van der Waals surface area contributed by atoms with Gasteiger partial charge in [-0.3, -0.25) is 14.8 Å². The summed E-state index contributed by atoms with van der Waals surface area (Å²) < 4.78 is 7.25. The van der Waals surface area contributed by atoms with Gasteiger partial charge < -0.3 is 10.1 Å². The standard InChI is InChI=1S/C23H30N6O2/c1-16(2)20-14-17(26-27-20)15-28-12-9-18(10-13-28)29-22(8-11-24-29)25-23(30)19-6-4-5-7-21(19)31-3/h4-8,11,14,16,18H,9-10,12-13,15H2,1-3H3,(H,25,30)(H,26,27). The first-order chi connectivity index (χ1) is 15.0. The first-order valence-electron chi connectivity index (χ1n) is 10.8. The molecule has 2 N–H and O–H groups in total. The second-order valence-corrected chi connectivity index (χ2v) is 8.30. The van der Waals surface area contributed by atoms with Gasteiger partial charge in [0, 0.05) is 31.4 Å². The molecule has 3 heterocycles. The van der Waals surface area contributed by atoms with E-state index in [1.807, 2.05) is 22.9 Å². The largest absolute Gasteiger partial charge is 0.496 e. The van der Waals surface area contributed by atoms with Crippen LogP contribution in [0.15, 0.2) is 42.6 Å². The summed E-state index contributed by atoms with van der Waals surface area (Å²) in [5.41, 5.74) is 2.77. The Kier molecular flexibility index (Phi) is 6.36. The minimum absolute atomic E-state index is 0.197. The maximum Gasteiger partial charge on any atom is 0.260 e. The summed E-state index contributed by atoms with van der Waals surface area (Å²) in [6.07, 6.45) is 3.69. The van der Waals surface area contributed by atoms with Crippen LogP contribution in [0.3, 0.4) is 0 Å². The van der Waals surface area contributed by atoms with E-state index in [4.69, 9.17) is 4.74 Å². The summed E-state index contributed by atoms with van der Waals surface area (Å²) in [6, 6.07) is 11.5. The minimum Gasteiger partial charge on any atom is -0.496 e. The summed E-state index contributed by atoms with van der Waals surface area (Å²) in [5, 5.41) is 15.1. The first kappa shape index (κ1) is 21.1. The second-order valence-electron chi connectivity index (χ2n) is 8.30. The van der Waals surface area contributed by atoms with Crippen LogP contribution in [0.1, 0.15) is 60.4 Å². The van der Waals surface area contributed by atoms with Gasteiger partial charge in [0.25, 0.3) is 5.91 Å². The number of methoxy groups -OCH3 is 1. The predicted octanol–water partition coefficient (Wildman–Crippen LogP) is 3.83. The minimum atomic E-state index is -0.197. The highest BCUT2D eigenvalue weighted by Crippen LogP contribution is 2.27. The topological polar surface area (TPSA) is 88.1 Å². The van der Waals surface area contributed by atoms with Crippen LogP contribution < -0.4 is 10.1 Å². The number of benzene rings is 1. The number of likely N-dealkylation sites (tertiary alicyclic amines) is 1. The first-order valence-corrected chi connectivity index (χ1v) is 10.8. The summed E-state index contributed by atoms with van der Waals surface area (Å²) in [7, 11) is 1.57. The average molecular weight is 423 g/mol. The Morgan fingerprint density at radius 1 is 1.26 bits per heavy atom. The van der Waals surface area contributed by atoms with Crippen LogP contribution in [0.4, 0.5) is 5.82 Å². The molecule has 0 aliphatic carbocycles. The maximum atomic E-state index is 12.8. The fraction of sp³-hybridized carbons (Fsp3) is 0.435. The Morgan fingerprint density at radius 3 is 2.74 bits per heavy atom. The fourth-order valence-electron chi connectivity index (χ4n) is 4.04. The Morgan fingerprint density at radius 2 is 2.03 bits per heavy atom. The second kappa shape index (κ2) is 9.34. The molecule has 8 nitrogen and oxygen atoms in total. The van der Waals surface area contributed by atoms with Gasteiger partial charge in [0.2, 0.25) is 0 Å². The number of aromatic amines is 1. The lowest BCUT2D eigenvalue weighted by atomic mass is 10.0. The molecule has 0 bridgehead atoms. The van der Waals surface area contributed by atoms with E-state index in [1.54, 1.807) is 25.4 Å². The third-order valence-electron chi connectivity index (χ3n) is 5.80. The van der Waals surface area contributed by atoms with Crippen LogP contribution in [-0.2, 0) is 6.54 Å². The van der Waals surface area contributed by atoms with Crippen molar-refractivity contribution in [1.82, 2.24) is 24.9 Å². The summed E-state index contributed by atoms with van der Waals surface area (Å²) in [6.45, 7) is 7.13. The molecule has 1 amide bonds. The van der Waals surface area contributed by atoms with Gasteiger partial charge in [-0.05, 0) is 37.0 Å². The van der Waals surface area contributed by atoms with Crippen molar-refractivity contribution in [3.8, 4) is 5.75 Å². The summed E-state index contributed by atoms with van der Waals surface area (Å²) in [5.74, 6) is 1.50. The summed E-state index contributed by atoms with van der Waals surface area (Å²) >= 11 is 0. The molecule has 2 aromatic heterocycles. The smallest absolute Gasteiger partial charge is 0.260 e. The molecular weight excluding hydrogens is 392 g/mol. The number of aromatic nitrogens is 4. The van der Waals surface area contributed by atoms with Gasteiger partial charge in [-0.25, -0.2) is 4.68 Å². The average Bonchev–Trinajstić information content (AvgIpc) is 3.44. The molecule has 1 saturated heterocycles. The molecule has 1 aliphatic rings. The van der Waals surface area contributed by atoms with Crippen molar-refractivity contribution in [2.45, 2.75) is 45.2 Å². The highest BCUT2D eigenvalue weighted by atomic mass is 16.5. The molecule has 4 rings (SSSR count). The number of H-pyrrole nitrogens is 1. The molecule has 0 atom stereocenters. The highest BCUT2D eigenvalue weighted by Gasteiger charge is 2.24. The van der Waals surface area contributed by atoms with E-state index in [-0.39, 0.29) is 11.9 Å². The monoisotopic (exact) mass is 422 g/mol. The Bertz CT molecular complexity index is 1020. The predicted molar refractivity (Wildman–Crippen MR) is 119 cm³/mol. The quantitative estimate of drug-likeness (QED) is 0.604. The van der Waals surface area contributed by atoms with Gasteiger partial charge in [0.05, 0.1) is 30.6 Å². The Hall–Kier alpha value is -3.13. The number of ether oxygens (including phenoxy) is 1. The third-order valence-corrected chi connectivity index (χ3v) is 5.80. The molecule has 3 aromatic rings. The zero-order chi connectivity index (χ0) is 21.8.